The molecular formula is C17H34N2O. The molecule has 2 rings (SSSR count). The minimum atomic E-state index is -0.0603. The Morgan fingerprint density at radius 2 is 1.85 bits per heavy atom. The number of rotatable bonds is 6. The Hall–Kier alpha value is -0.120. The first-order valence-electron chi connectivity index (χ1n) is 8.84. The molecule has 0 spiro atoms. The molecule has 2 fully saturated rings. The van der Waals surface area contributed by atoms with Crippen LogP contribution in [0, 0.1) is 11.8 Å². The quantitative estimate of drug-likeness (QED) is 0.786. The van der Waals surface area contributed by atoms with Crippen molar-refractivity contribution in [2.75, 3.05) is 26.2 Å². The molecule has 0 aromatic rings. The molecule has 0 aromatic carbocycles. The summed E-state index contributed by atoms with van der Waals surface area (Å²) in [5.41, 5.74) is 0. The van der Waals surface area contributed by atoms with Gasteiger partial charge in [0.1, 0.15) is 0 Å². The largest absolute Gasteiger partial charge is 0.393 e. The van der Waals surface area contributed by atoms with Gasteiger partial charge in [0.2, 0.25) is 0 Å². The minimum Gasteiger partial charge on any atom is -0.393 e. The second kappa shape index (κ2) is 8.35. The van der Waals surface area contributed by atoms with E-state index in [9.17, 15) is 5.11 Å². The molecule has 2 aliphatic rings. The highest BCUT2D eigenvalue weighted by molar-refractivity contribution is 4.82. The highest BCUT2D eigenvalue weighted by Gasteiger charge is 2.26. The molecule has 3 unspecified atom stereocenters. The number of likely N-dealkylation sites (tertiary alicyclic amines) is 1. The molecule has 1 saturated carbocycles. The van der Waals surface area contributed by atoms with Crippen LogP contribution in [0.1, 0.15) is 58.8 Å². The van der Waals surface area contributed by atoms with Crippen LogP contribution in [0.4, 0.5) is 0 Å². The Balaban J connectivity index is 1.66. The summed E-state index contributed by atoms with van der Waals surface area (Å²) in [6.07, 6.45) is 8.61. The van der Waals surface area contributed by atoms with Crippen LogP contribution in [0.25, 0.3) is 0 Å². The van der Waals surface area contributed by atoms with E-state index in [1.54, 1.807) is 0 Å². The third-order valence-electron chi connectivity index (χ3n) is 5.45. The molecule has 1 saturated heterocycles. The number of nitrogens with zero attached hydrogens (tertiary/aromatic N) is 1. The van der Waals surface area contributed by atoms with E-state index in [4.69, 9.17) is 0 Å². The van der Waals surface area contributed by atoms with Crippen molar-refractivity contribution >= 4 is 0 Å². The van der Waals surface area contributed by atoms with Crippen LogP contribution in [-0.4, -0.2) is 48.3 Å². The summed E-state index contributed by atoms with van der Waals surface area (Å²) in [4.78, 5) is 2.61. The third kappa shape index (κ3) is 4.71. The first-order valence-corrected chi connectivity index (χ1v) is 8.84. The maximum atomic E-state index is 10.0. The smallest absolute Gasteiger partial charge is 0.0580 e. The van der Waals surface area contributed by atoms with Gasteiger partial charge in [-0.05, 0) is 70.5 Å². The SMILES string of the molecule is CCCN1CCC(C(C)NCC2CCCCC2O)CC1. The normalized spacial score (nSPS) is 31.4. The van der Waals surface area contributed by atoms with Gasteiger partial charge in [0, 0.05) is 12.6 Å². The van der Waals surface area contributed by atoms with E-state index in [1.807, 2.05) is 0 Å². The van der Waals surface area contributed by atoms with Crippen molar-refractivity contribution in [1.82, 2.24) is 10.2 Å². The zero-order valence-electron chi connectivity index (χ0n) is 13.5. The molecule has 0 amide bonds. The molecule has 0 bridgehead atoms. The minimum absolute atomic E-state index is 0.0603. The standard InChI is InChI=1S/C17H34N2O/c1-3-10-19-11-8-15(9-12-19)14(2)18-13-16-6-4-5-7-17(16)20/h14-18,20H,3-13H2,1-2H3. The molecular weight excluding hydrogens is 248 g/mol. The van der Waals surface area contributed by atoms with Crippen molar-refractivity contribution in [3.05, 3.63) is 0 Å². The third-order valence-corrected chi connectivity index (χ3v) is 5.45. The topological polar surface area (TPSA) is 35.5 Å². The maximum absolute atomic E-state index is 10.0. The van der Waals surface area contributed by atoms with Gasteiger partial charge in [-0.15, -0.1) is 0 Å². The Morgan fingerprint density at radius 3 is 2.50 bits per heavy atom. The van der Waals surface area contributed by atoms with Crippen molar-refractivity contribution in [3.8, 4) is 0 Å². The monoisotopic (exact) mass is 282 g/mol. The molecule has 1 aliphatic heterocycles. The van der Waals surface area contributed by atoms with Crippen molar-refractivity contribution < 1.29 is 5.11 Å². The van der Waals surface area contributed by atoms with Crippen LogP contribution in [-0.2, 0) is 0 Å². The Bertz CT molecular complexity index is 264. The Kier molecular flexibility index (Phi) is 6.79. The summed E-state index contributed by atoms with van der Waals surface area (Å²) >= 11 is 0. The summed E-state index contributed by atoms with van der Waals surface area (Å²) in [6.45, 7) is 9.44. The molecule has 0 radical (unpaired) electrons. The predicted octanol–water partition coefficient (Wildman–Crippen LogP) is 2.64. The average Bonchev–Trinajstić information content (AvgIpc) is 2.47. The number of aliphatic hydroxyl groups is 1. The lowest BCUT2D eigenvalue weighted by molar-refractivity contribution is 0.0655. The lowest BCUT2D eigenvalue weighted by Crippen LogP contribution is -2.44. The number of aliphatic hydroxyl groups excluding tert-OH is 1. The van der Waals surface area contributed by atoms with Gasteiger partial charge in [-0.3, -0.25) is 0 Å². The number of hydrogen-bond donors (Lipinski definition) is 2. The molecule has 1 aliphatic carbocycles. The van der Waals surface area contributed by atoms with Crippen molar-refractivity contribution in [1.29, 1.82) is 0 Å². The fourth-order valence-electron chi connectivity index (χ4n) is 3.92. The molecule has 3 heteroatoms. The molecule has 118 valence electrons. The summed E-state index contributed by atoms with van der Waals surface area (Å²) in [5, 5.41) is 13.8. The van der Waals surface area contributed by atoms with Crippen LogP contribution in [0.15, 0.2) is 0 Å². The molecule has 3 nitrogen and oxygen atoms in total. The lowest BCUT2D eigenvalue weighted by atomic mass is 9.85. The van der Waals surface area contributed by atoms with E-state index in [0.717, 1.165) is 18.9 Å². The van der Waals surface area contributed by atoms with E-state index in [2.05, 4.69) is 24.1 Å². The van der Waals surface area contributed by atoms with Crippen molar-refractivity contribution in [2.24, 2.45) is 11.8 Å². The summed E-state index contributed by atoms with van der Waals surface area (Å²) in [5.74, 6) is 1.32. The maximum Gasteiger partial charge on any atom is 0.0580 e. The Labute approximate surface area is 125 Å². The highest BCUT2D eigenvalue weighted by atomic mass is 16.3. The molecule has 1 heterocycles. The summed E-state index contributed by atoms with van der Waals surface area (Å²) in [6, 6.07) is 0.605. The first kappa shape index (κ1) is 16.3. The van der Waals surface area contributed by atoms with Crippen LogP contribution in [0.3, 0.4) is 0 Å². The average molecular weight is 282 g/mol. The van der Waals surface area contributed by atoms with Crippen molar-refractivity contribution in [3.63, 3.8) is 0 Å². The summed E-state index contributed by atoms with van der Waals surface area (Å²) in [7, 11) is 0. The van der Waals surface area contributed by atoms with E-state index in [-0.39, 0.29) is 6.10 Å². The van der Waals surface area contributed by atoms with Gasteiger partial charge in [0.05, 0.1) is 6.10 Å². The fraction of sp³-hybridized carbons (Fsp3) is 1.00. The zero-order chi connectivity index (χ0) is 14.4. The van der Waals surface area contributed by atoms with E-state index >= 15 is 0 Å². The van der Waals surface area contributed by atoms with Crippen LogP contribution in [0.5, 0.6) is 0 Å². The van der Waals surface area contributed by atoms with Gasteiger partial charge in [-0.1, -0.05) is 19.8 Å². The van der Waals surface area contributed by atoms with Gasteiger partial charge in [-0.2, -0.15) is 0 Å². The predicted molar refractivity (Wildman–Crippen MR) is 84.9 cm³/mol. The van der Waals surface area contributed by atoms with Crippen LogP contribution >= 0.6 is 0 Å². The number of nitrogens with one attached hydrogen (secondary N) is 1. The van der Waals surface area contributed by atoms with Crippen molar-refractivity contribution in [2.45, 2.75) is 70.9 Å². The van der Waals surface area contributed by atoms with Gasteiger partial charge in [0.25, 0.3) is 0 Å². The van der Waals surface area contributed by atoms with Gasteiger partial charge >= 0.3 is 0 Å². The fourth-order valence-corrected chi connectivity index (χ4v) is 3.92. The second-order valence-electron chi connectivity index (χ2n) is 6.99. The molecule has 3 atom stereocenters. The lowest BCUT2D eigenvalue weighted by Gasteiger charge is -2.36. The number of hydrogen-bond acceptors (Lipinski definition) is 3. The summed E-state index contributed by atoms with van der Waals surface area (Å²) < 4.78 is 0. The van der Waals surface area contributed by atoms with E-state index in [0.29, 0.717) is 12.0 Å². The molecule has 2 N–H and O–H groups in total. The molecule has 20 heavy (non-hydrogen) atoms. The number of piperidine rings is 1. The van der Waals surface area contributed by atoms with Crippen LogP contribution in [0.2, 0.25) is 0 Å². The van der Waals surface area contributed by atoms with Gasteiger partial charge in [0.15, 0.2) is 0 Å². The van der Waals surface area contributed by atoms with Crippen LogP contribution < -0.4 is 5.32 Å². The van der Waals surface area contributed by atoms with E-state index in [1.165, 1.54) is 58.2 Å². The van der Waals surface area contributed by atoms with Gasteiger partial charge in [-0.25, -0.2) is 0 Å². The highest BCUT2D eigenvalue weighted by Crippen LogP contribution is 2.25. The first-order chi connectivity index (χ1) is 9.70. The zero-order valence-corrected chi connectivity index (χ0v) is 13.5. The van der Waals surface area contributed by atoms with E-state index < -0.39 is 0 Å². The molecule has 0 aromatic heterocycles. The Morgan fingerprint density at radius 1 is 1.15 bits per heavy atom. The van der Waals surface area contributed by atoms with Gasteiger partial charge < -0.3 is 15.3 Å². The second-order valence-corrected chi connectivity index (χ2v) is 6.99.